The lowest BCUT2D eigenvalue weighted by atomic mass is 10.1. The van der Waals surface area contributed by atoms with E-state index in [1.54, 1.807) is 6.07 Å². The monoisotopic (exact) mass is 254 g/mol. The summed E-state index contributed by atoms with van der Waals surface area (Å²) in [6.45, 7) is 2.61. The Balaban J connectivity index is 2.70. The van der Waals surface area contributed by atoms with Gasteiger partial charge in [-0.05, 0) is 31.2 Å². The zero-order valence-corrected chi connectivity index (χ0v) is 10.4. The van der Waals surface area contributed by atoms with Crippen LogP contribution in [0.5, 0.6) is 0 Å². The van der Waals surface area contributed by atoms with Crippen molar-refractivity contribution in [3.05, 3.63) is 39.5 Å². The van der Waals surface area contributed by atoms with E-state index in [9.17, 15) is 0 Å². The van der Waals surface area contributed by atoms with E-state index in [-0.39, 0.29) is 0 Å². The molecule has 0 saturated carbocycles. The second kappa shape index (κ2) is 4.58. The fourth-order valence-electron chi connectivity index (χ4n) is 1.71. The summed E-state index contributed by atoms with van der Waals surface area (Å²) in [5, 5.41) is 2.05. The fraction of sp³-hybridized carbons (Fsp3) is 0.250. The maximum atomic E-state index is 6.12. The molecule has 1 aromatic heterocycles. The third-order valence-electron chi connectivity index (χ3n) is 2.56. The number of nitrogens with two attached hydrogens (primary N) is 1. The SMILES string of the molecule is Cc1cc2ccc(Cl)c(Cl)c2nc1CCN. The highest BCUT2D eigenvalue weighted by Crippen LogP contribution is 2.30. The Labute approximate surface area is 104 Å². The summed E-state index contributed by atoms with van der Waals surface area (Å²) < 4.78 is 0. The quantitative estimate of drug-likeness (QED) is 0.893. The zero-order valence-electron chi connectivity index (χ0n) is 8.93. The molecule has 1 heterocycles. The van der Waals surface area contributed by atoms with Crippen LogP contribution in [0.1, 0.15) is 11.3 Å². The van der Waals surface area contributed by atoms with Crippen LogP contribution in [0.4, 0.5) is 0 Å². The molecule has 0 radical (unpaired) electrons. The van der Waals surface area contributed by atoms with Crippen LogP contribution in [0, 0.1) is 6.92 Å². The highest BCUT2D eigenvalue weighted by molar-refractivity contribution is 6.45. The molecule has 0 spiro atoms. The molecule has 2 N–H and O–H groups in total. The van der Waals surface area contributed by atoms with Gasteiger partial charge in [0.1, 0.15) is 0 Å². The van der Waals surface area contributed by atoms with Crippen molar-refractivity contribution in [2.45, 2.75) is 13.3 Å². The molecule has 1 aromatic carbocycles. The average Bonchev–Trinajstić information content (AvgIpc) is 2.26. The highest BCUT2D eigenvalue weighted by atomic mass is 35.5. The lowest BCUT2D eigenvalue weighted by molar-refractivity contribution is 0.919. The minimum atomic E-state index is 0.512. The molecule has 2 nitrogen and oxygen atoms in total. The number of pyridine rings is 1. The summed E-state index contributed by atoms with van der Waals surface area (Å²) in [5.74, 6) is 0. The Bertz CT molecular complexity index is 538. The molecule has 0 atom stereocenters. The van der Waals surface area contributed by atoms with E-state index >= 15 is 0 Å². The van der Waals surface area contributed by atoms with Crippen LogP contribution in [0.2, 0.25) is 10.0 Å². The van der Waals surface area contributed by atoms with Crippen LogP contribution in [0.3, 0.4) is 0 Å². The van der Waals surface area contributed by atoms with Gasteiger partial charge in [-0.3, -0.25) is 4.98 Å². The Hall–Kier alpha value is -0.830. The molecule has 84 valence electrons. The molecule has 0 unspecified atom stereocenters. The van der Waals surface area contributed by atoms with Crippen molar-refractivity contribution >= 4 is 34.1 Å². The van der Waals surface area contributed by atoms with Gasteiger partial charge in [0.2, 0.25) is 0 Å². The van der Waals surface area contributed by atoms with Crippen LogP contribution in [0.15, 0.2) is 18.2 Å². The molecule has 2 aromatic rings. The summed E-state index contributed by atoms with van der Waals surface area (Å²) in [6, 6.07) is 5.78. The van der Waals surface area contributed by atoms with Crippen molar-refractivity contribution in [2.75, 3.05) is 6.54 Å². The Morgan fingerprint density at radius 2 is 2.06 bits per heavy atom. The largest absolute Gasteiger partial charge is 0.330 e. The van der Waals surface area contributed by atoms with Crippen LogP contribution in [-0.4, -0.2) is 11.5 Å². The molecular weight excluding hydrogens is 243 g/mol. The first-order valence-corrected chi connectivity index (χ1v) is 5.83. The number of rotatable bonds is 2. The second-order valence-electron chi connectivity index (χ2n) is 3.72. The standard InChI is InChI=1S/C12H12Cl2N2/c1-7-6-8-2-3-9(13)11(14)12(8)16-10(7)4-5-15/h2-3,6H,4-5,15H2,1H3. The summed E-state index contributed by atoms with van der Waals surface area (Å²) >= 11 is 12.1. The van der Waals surface area contributed by atoms with Crippen molar-refractivity contribution < 1.29 is 0 Å². The molecule has 0 saturated heterocycles. The maximum Gasteiger partial charge on any atom is 0.0906 e. The van der Waals surface area contributed by atoms with E-state index in [1.165, 1.54) is 0 Å². The van der Waals surface area contributed by atoms with Crippen LogP contribution in [-0.2, 0) is 6.42 Å². The van der Waals surface area contributed by atoms with Crippen LogP contribution >= 0.6 is 23.2 Å². The third-order valence-corrected chi connectivity index (χ3v) is 3.35. The first kappa shape index (κ1) is 11.6. The number of nitrogens with zero attached hydrogens (tertiary/aromatic N) is 1. The molecule has 0 bridgehead atoms. The lowest BCUT2D eigenvalue weighted by Crippen LogP contribution is -2.06. The van der Waals surface area contributed by atoms with Gasteiger partial charge in [0.05, 0.1) is 15.6 Å². The minimum Gasteiger partial charge on any atom is -0.330 e. The Kier molecular flexibility index (Phi) is 3.33. The van der Waals surface area contributed by atoms with Gasteiger partial charge in [0.25, 0.3) is 0 Å². The normalized spacial score (nSPS) is 11.0. The van der Waals surface area contributed by atoms with E-state index in [1.807, 2.05) is 13.0 Å². The number of hydrogen-bond donors (Lipinski definition) is 1. The number of hydrogen-bond acceptors (Lipinski definition) is 2. The number of aromatic nitrogens is 1. The molecular formula is C12H12Cl2N2. The van der Waals surface area contributed by atoms with Gasteiger partial charge in [-0.15, -0.1) is 0 Å². The molecule has 0 fully saturated rings. The fourth-order valence-corrected chi connectivity index (χ4v) is 2.08. The van der Waals surface area contributed by atoms with Gasteiger partial charge in [-0.2, -0.15) is 0 Å². The average molecular weight is 255 g/mol. The molecule has 2 rings (SSSR count). The third kappa shape index (κ3) is 2.01. The first-order valence-electron chi connectivity index (χ1n) is 5.08. The molecule has 0 aliphatic carbocycles. The van der Waals surface area contributed by atoms with Crippen molar-refractivity contribution in [1.29, 1.82) is 0 Å². The summed E-state index contributed by atoms with van der Waals surface area (Å²) in [6.07, 6.45) is 0.755. The predicted molar refractivity (Wildman–Crippen MR) is 69.3 cm³/mol. The van der Waals surface area contributed by atoms with E-state index < -0.39 is 0 Å². The number of fused-ring (bicyclic) bond motifs is 1. The van der Waals surface area contributed by atoms with Crippen molar-refractivity contribution in [2.24, 2.45) is 5.73 Å². The van der Waals surface area contributed by atoms with Gasteiger partial charge in [-0.25, -0.2) is 0 Å². The number of aryl methyl sites for hydroxylation is 1. The van der Waals surface area contributed by atoms with E-state index in [0.717, 1.165) is 28.6 Å². The zero-order chi connectivity index (χ0) is 11.7. The van der Waals surface area contributed by atoms with Crippen molar-refractivity contribution in [3.8, 4) is 0 Å². The van der Waals surface area contributed by atoms with Crippen LogP contribution in [0.25, 0.3) is 10.9 Å². The van der Waals surface area contributed by atoms with E-state index in [4.69, 9.17) is 28.9 Å². The Morgan fingerprint density at radius 1 is 1.31 bits per heavy atom. The van der Waals surface area contributed by atoms with Gasteiger partial charge in [-0.1, -0.05) is 29.3 Å². The second-order valence-corrected chi connectivity index (χ2v) is 4.51. The molecule has 0 aliphatic heterocycles. The smallest absolute Gasteiger partial charge is 0.0906 e. The summed E-state index contributed by atoms with van der Waals surface area (Å²) in [4.78, 5) is 4.53. The maximum absolute atomic E-state index is 6.12. The summed E-state index contributed by atoms with van der Waals surface area (Å²) in [5.41, 5.74) is 8.42. The van der Waals surface area contributed by atoms with Crippen molar-refractivity contribution in [1.82, 2.24) is 4.98 Å². The Morgan fingerprint density at radius 3 is 2.75 bits per heavy atom. The topological polar surface area (TPSA) is 38.9 Å². The molecule has 0 aliphatic rings. The van der Waals surface area contributed by atoms with Crippen molar-refractivity contribution in [3.63, 3.8) is 0 Å². The van der Waals surface area contributed by atoms with E-state index in [2.05, 4.69) is 11.1 Å². The van der Waals surface area contributed by atoms with Gasteiger partial charge >= 0.3 is 0 Å². The number of benzene rings is 1. The minimum absolute atomic E-state index is 0.512. The lowest BCUT2D eigenvalue weighted by Gasteiger charge is -2.08. The predicted octanol–water partition coefficient (Wildman–Crippen LogP) is 3.35. The summed E-state index contributed by atoms with van der Waals surface area (Å²) in [7, 11) is 0. The van der Waals surface area contributed by atoms with Gasteiger partial charge in [0, 0.05) is 17.5 Å². The van der Waals surface area contributed by atoms with Crippen LogP contribution < -0.4 is 5.73 Å². The molecule has 16 heavy (non-hydrogen) atoms. The number of halogens is 2. The first-order chi connectivity index (χ1) is 7.63. The highest BCUT2D eigenvalue weighted by Gasteiger charge is 2.08. The van der Waals surface area contributed by atoms with Gasteiger partial charge < -0.3 is 5.73 Å². The molecule has 0 amide bonds. The van der Waals surface area contributed by atoms with E-state index in [0.29, 0.717) is 16.6 Å². The van der Waals surface area contributed by atoms with Gasteiger partial charge in [0.15, 0.2) is 0 Å². The molecule has 4 heteroatoms.